The summed E-state index contributed by atoms with van der Waals surface area (Å²) in [5.74, 6) is -2.58. The first kappa shape index (κ1) is 21.4. The van der Waals surface area contributed by atoms with Crippen LogP contribution in [-0.4, -0.2) is 28.7 Å². The Kier molecular flexibility index (Phi) is 4.46. The molecule has 1 unspecified atom stereocenters. The van der Waals surface area contributed by atoms with Gasteiger partial charge in [-0.25, -0.2) is 4.90 Å². The SMILES string of the molecule is O=C1[C@@H]2C(Cc3c[nH]c4ccccc34)N[C@@]3(C(=O)Nc4ccccc43)[C@@H]2C(=O)N1c1ccc(Cl)cc1. The second-order valence-electron chi connectivity index (χ2n) is 9.61. The predicted octanol–water partition coefficient (Wildman–Crippen LogP) is 3.99. The number of carbonyl (C=O) groups is 3. The molecular weight excluding hydrogens is 476 g/mol. The number of H-pyrrole nitrogens is 1. The van der Waals surface area contributed by atoms with Crippen molar-refractivity contribution in [2.45, 2.75) is 18.0 Å². The Labute approximate surface area is 211 Å². The molecule has 2 saturated heterocycles. The lowest BCUT2D eigenvalue weighted by Gasteiger charge is -2.29. The number of fused-ring (bicyclic) bond motifs is 5. The fourth-order valence-electron chi connectivity index (χ4n) is 6.32. The monoisotopic (exact) mass is 496 g/mol. The zero-order chi connectivity index (χ0) is 24.6. The molecule has 3 amide bonds. The maximum Gasteiger partial charge on any atom is 0.250 e. The van der Waals surface area contributed by atoms with Crippen LogP contribution < -0.4 is 15.5 Å². The number of hydrogen-bond acceptors (Lipinski definition) is 4. The lowest BCUT2D eigenvalue weighted by Crippen LogP contribution is -2.53. The number of carbonyl (C=O) groups excluding carboxylic acids is 3. The van der Waals surface area contributed by atoms with Gasteiger partial charge in [-0.3, -0.25) is 19.7 Å². The van der Waals surface area contributed by atoms with E-state index in [4.69, 9.17) is 11.6 Å². The van der Waals surface area contributed by atoms with Gasteiger partial charge in [0.25, 0.3) is 0 Å². The summed E-state index contributed by atoms with van der Waals surface area (Å²) in [5, 5.41) is 8.01. The van der Waals surface area contributed by atoms with Crippen molar-refractivity contribution in [3.8, 4) is 0 Å². The van der Waals surface area contributed by atoms with Gasteiger partial charge in [-0.05, 0) is 48.4 Å². The molecule has 0 aliphatic carbocycles. The van der Waals surface area contributed by atoms with Gasteiger partial charge in [0.1, 0.15) is 5.54 Å². The molecule has 0 saturated carbocycles. The van der Waals surface area contributed by atoms with Gasteiger partial charge in [-0.1, -0.05) is 48.0 Å². The third-order valence-corrected chi connectivity index (χ3v) is 8.07. The number of aromatic nitrogens is 1. The quantitative estimate of drug-likeness (QED) is 0.374. The number of amides is 3. The third-order valence-electron chi connectivity index (χ3n) is 7.82. The maximum atomic E-state index is 14.0. The molecule has 2 fully saturated rings. The first-order valence-electron chi connectivity index (χ1n) is 11.9. The average molecular weight is 497 g/mol. The number of imide groups is 1. The third kappa shape index (κ3) is 2.75. The van der Waals surface area contributed by atoms with E-state index in [0.29, 0.717) is 28.4 Å². The maximum absolute atomic E-state index is 14.0. The van der Waals surface area contributed by atoms with Crippen molar-refractivity contribution in [3.63, 3.8) is 0 Å². The molecule has 1 spiro atoms. The molecule has 178 valence electrons. The molecule has 8 heteroatoms. The van der Waals surface area contributed by atoms with Gasteiger partial charge in [-0.15, -0.1) is 0 Å². The van der Waals surface area contributed by atoms with Crippen LogP contribution in [0, 0.1) is 11.8 Å². The zero-order valence-corrected chi connectivity index (χ0v) is 19.8. The lowest BCUT2D eigenvalue weighted by atomic mass is 9.76. The van der Waals surface area contributed by atoms with Crippen LogP contribution in [0.1, 0.15) is 11.1 Å². The number of nitrogens with one attached hydrogen (secondary N) is 3. The average Bonchev–Trinajstić information content (AvgIpc) is 3.59. The van der Waals surface area contributed by atoms with Crippen LogP contribution in [0.15, 0.2) is 79.0 Å². The van der Waals surface area contributed by atoms with Crippen molar-refractivity contribution in [2.24, 2.45) is 11.8 Å². The Morgan fingerprint density at radius 3 is 2.47 bits per heavy atom. The first-order valence-corrected chi connectivity index (χ1v) is 12.2. The van der Waals surface area contributed by atoms with Crippen molar-refractivity contribution in [1.82, 2.24) is 10.3 Å². The van der Waals surface area contributed by atoms with Crippen molar-refractivity contribution < 1.29 is 14.4 Å². The highest BCUT2D eigenvalue weighted by Gasteiger charge is 2.70. The number of nitrogens with zero attached hydrogens (tertiary/aromatic N) is 1. The molecule has 4 atom stereocenters. The summed E-state index contributed by atoms with van der Waals surface area (Å²) >= 11 is 6.06. The molecule has 3 aliphatic heterocycles. The Morgan fingerprint density at radius 2 is 1.64 bits per heavy atom. The molecule has 4 heterocycles. The summed E-state index contributed by atoms with van der Waals surface area (Å²) in [6.45, 7) is 0. The number of anilines is 2. The Bertz CT molecular complexity index is 1580. The highest BCUT2D eigenvalue weighted by molar-refractivity contribution is 6.31. The van der Waals surface area contributed by atoms with E-state index in [1.807, 2.05) is 54.7 Å². The smallest absolute Gasteiger partial charge is 0.250 e. The fraction of sp³-hybridized carbons (Fsp3) is 0.179. The minimum Gasteiger partial charge on any atom is -0.361 e. The fourth-order valence-corrected chi connectivity index (χ4v) is 6.44. The number of hydrogen-bond donors (Lipinski definition) is 3. The normalized spacial score (nSPS) is 26.6. The summed E-state index contributed by atoms with van der Waals surface area (Å²) in [5.41, 5.74) is 2.51. The molecule has 7 rings (SSSR count). The minimum atomic E-state index is -1.33. The van der Waals surface area contributed by atoms with Crippen LogP contribution in [0.25, 0.3) is 10.9 Å². The van der Waals surface area contributed by atoms with Crippen LogP contribution >= 0.6 is 11.6 Å². The molecule has 0 bridgehead atoms. The van der Waals surface area contributed by atoms with E-state index in [9.17, 15) is 14.4 Å². The van der Waals surface area contributed by atoms with Crippen LogP contribution in [0.2, 0.25) is 5.02 Å². The van der Waals surface area contributed by atoms with Gasteiger partial charge in [0.2, 0.25) is 17.7 Å². The van der Waals surface area contributed by atoms with E-state index in [1.54, 1.807) is 24.3 Å². The summed E-state index contributed by atoms with van der Waals surface area (Å²) < 4.78 is 0. The van der Waals surface area contributed by atoms with Crippen LogP contribution in [-0.2, 0) is 26.3 Å². The van der Waals surface area contributed by atoms with Crippen LogP contribution in [0.3, 0.4) is 0 Å². The molecule has 3 aromatic carbocycles. The molecule has 36 heavy (non-hydrogen) atoms. The van der Waals surface area contributed by atoms with E-state index < -0.39 is 23.4 Å². The van der Waals surface area contributed by atoms with E-state index in [0.717, 1.165) is 16.5 Å². The van der Waals surface area contributed by atoms with Crippen LogP contribution in [0.4, 0.5) is 11.4 Å². The summed E-state index contributed by atoms with van der Waals surface area (Å²) in [6.07, 6.45) is 2.42. The van der Waals surface area contributed by atoms with Gasteiger partial charge in [0.05, 0.1) is 17.5 Å². The van der Waals surface area contributed by atoms with Crippen molar-refractivity contribution in [3.05, 3.63) is 95.1 Å². The standard InChI is InChI=1S/C28H21ClN4O3/c29-16-9-11-17(12-10-16)33-25(34)23-22(13-15-14-30-20-7-3-1-5-18(15)20)32-28(24(23)26(33)35)19-6-2-4-8-21(19)31-27(28)36/h1-12,14,22-24,30,32H,13H2,(H,31,36)/t22?,23-,24+,28-/m1/s1. The van der Waals surface area contributed by atoms with Crippen LogP contribution in [0.5, 0.6) is 0 Å². The van der Waals surface area contributed by atoms with Gasteiger partial charge < -0.3 is 10.3 Å². The number of para-hydroxylation sites is 2. The molecule has 1 aromatic heterocycles. The van der Waals surface area contributed by atoms with Crippen molar-refractivity contribution >= 4 is 51.6 Å². The highest BCUT2D eigenvalue weighted by Crippen LogP contribution is 2.54. The number of benzene rings is 3. The topological polar surface area (TPSA) is 94.3 Å². The molecular formula is C28H21ClN4O3. The summed E-state index contributed by atoms with van der Waals surface area (Å²) in [6, 6.07) is 21.5. The Morgan fingerprint density at radius 1 is 0.889 bits per heavy atom. The molecule has 7 nitrogen and oxygen atoms in total. The predicted molar refractivity (Wildman–Crippen MR) is 137 cm³/mol. The number of aromatic amines is 1. The van der Waals surface area contributed by atoms with Gasteiger partial charge >= 0.3 is 0 Å². The van der Waals surface area contributed by atoms with Gasteiger partial charge in [0, 0.05) is 39.4 Å². The van der Waals surface area contributed by atoms with E-state index in [-0.39, 0.29) is 17.7 Å². The van der Waals surface area contributed by atoms with E-state index in [2.05, 4.69) is 15.6 Å². The van der Waals surface area contributed by atoms with E-state index >= 15 is 0 Å². The summed E-state index contributed by atoms with van der Waals surface area (Å²) in [7, 11) is 0. The van der Waals surface area contributed by atoms with E-state index in [1.165, 1.54) is 4.90 Å². The summed E-state index contributed by atoms with van der Waals surface area (Å²) in [4.78, 5) is 46.1. The second-order valence-corrected chi connectivity index (χ2v) is 10.1. The second kappa shape index (κ2) is 7.53. The molecule has 0 radical (unpaired) electrons. The van der Waals surface area contributed by atoms with Crippen molar-refractivity contribution in [1.29, 1.82) is 0 Å². The molecule has 4 aromatic rings. The number of halogens is 1. The minimum absolute atomic E-state index is 0.306. The first-order chi connectivity index (χ1) is 17.5. The Balaban J connectivity index is 1.37. The molecule has 3 N–H and O–H groups in total. The molecule has 3 aliphatic rings. The Hall–Kier alpha value is -3.94. The number of rotatable bonds is 3. The highest BCUT2D eigenvalue weighted by atomic mass is 35.5. The zero-order valence-electron chi connectivity index (χ0n) is 19.0. The van der Waals surface area contributed by atoms with Gasteiger partial charge in [-0.2, -0.15) is 0 Å². The van der Waals surface area contributed by atoms with Gasteiger partial charge in [0.15, 0.2) is 0 Å². The lowest BCUT2D eigenvalue weighted by molar-refractivity contribution is -0.130. The largest absolute Gasteiger partial charge is 0.361 e. The van der Waals surface area contributed by atoms with Crippen molar-refractivity contribution in [2.75, 3.05) is 10.2 Å².